The van der Waals surface area contributed by atoms with E-state index in [9.17, 15) is 0 Å². The maximum atomic E-state index is 5.25. The maximum absolute atomic E-state index is 5.25. The molecule has 3 aliphatic rings. The van der Waals surface area contributed by atoms with Gasteiger partial charge in [0.05, 0.1) is 39.6 Å². The molecule has 0 N–H and O–H groups in total. The number of nitrogens with zero attached hydrogens (tertiary/aromatic N) is 6. The predicted molar refractivity (Wildman–Crippen MR) is 458 cm³/mol. The summed E-state index contributed by atoms with van der Waals surface area (Å²) in [6.45, 7) is 4.73. The van der Waals surface area contributed by atoms with E-state index in [2.05, 4.69) is 335 Å². The molecule has 0 atom stereocenters. The van der Waals surface area contributed by atoms with Gasteiger partial charge in [-0.25, -0.2) is 19.9 Å². The minimum atomic E-state index is -0.401. The van der Waals surface area contributed by atoms with Crippen molar-refractivity contribution >= 4 is 0 Å². The number of benzene rings is 14. The molecular formula is C106H70N6. The lowest BCUT2D eigenvalue weighted by atomic mass is 9.70. The van der Waals surface area contributed by atoms with Crippen LogP contribution in [0.2, 0.25) is 0 Å². The van der Waals surface area contributed by atoms with Gasteiger partial charge in [-0.2, -0.15) is 0 Å². The summed E-state index contributed by atoms with van der Waals surface area (Å²) in [7, 11) is 0. The zero-order valence-corrected chi connectivity index (χ0v) is 61.6. The normalized spacial score (nSPS) is 12.9. The Hall–Kier alpha value is -14.5. The van der Waals surface area contributed by atoms with E-state index in [4.69, 9.17) is 29.9 Å². The molecule has 0 saturated heterocycles. The second-order valence-electron chi connectivity index (χ2n) is 30.0. The van der Waals surface area contributed by atoms with E-state index in [0.717, 1.165) is 112 Å². The smallest absolute Gasteiger partial charge is 0.160 e. The highest BCUT2D eigenvalue weighted by Crippen LogP contribution is 2.64. The quantitative estimate of drug-likeness (QED) is 0.114. The second kappa shape index (κ2) is 26.7. The van der Waals surface area contributed by atoms with Crippen molar-refractivity contribution in [3.05, 3.63) is 422 Å². The van der Waals surface area contributed by atoms with Gasteiger partial charge in [-0.3, -0.25) is 9.97 Å². The van der Waals surface area contributed by atoms with E-state index in [1.807, 2.05) is 67.0 Å². The molecule has 6 nitrogen and oxygen atoms in total. The number of hydrogen-bond donors (Lipinski definition) is 0. The molecule has 0 radical (unpaired) electrons. The molecule has 4 heterocycles. The van der Waals surface area contributed by atoms with Crippen molar-refractivity contribution in [1.29, 1.82) is 0 Å². The summed E-state index contributed by atoms with van der Waals surface area (Å²) in [6.07, 6.45) is 3.84. The van der Waals surface area contributed by atoms with E-state index >= 15 is 0 Å². The number of hydrogen-bond acceptors (Lipinski definition) is 6. The first-order valence-electron chi connectivity index (χ1n) is 38.4. The largest absolute Gasteiger partial charge is 0.256 e. The Bertz CT molecular complexity index is 6680. The summed E-state index contributed by atoms with van der Waals surface area (Å²) in [5, 5.41) is 0. The second-order valence-corrected chi connectivity index (χ2v) is 30.0. The highest BCUT2D eigenvalue weighted by Gasteiger charge is 2.52. The fourth-order valence-electron chi connectivity index (χ4n) is 17.8. The van der Waals surface area contributed by atoms with Crippen molar-refractivity contribution in [2.45, 2.75) is 24.7 Å². The standard InChI is InChI=1S/C106H70N6/c1-105(2)92-40-20-35-83(80-30-18-28-76(60-80)67-44-48-72(49-45-67)99-65-100(112-104(111-99)75-26-10-5-11-27-75)82-55-57-95(108-66-82)69-22-6-3-7-23-69)101(92)88-56-54-78(62-94(88)105)79-58-59-107-96(63-79)70-50-52-73(53-51-70)98-64-97(109-103(110-98)74-24-8-4-9-25-74)71-46-42-68(43-47-71)77-29-19-31-81(61-77)84-36-21-41-93-102(84)87-34-14-17-39-91(87)106(93)89-37-15-12-32-85(89)86-33-13-16-38-90(86)106/h3-66H,1-2H3. The van der Waals surface area contributed by atoms with Crippen LogP contribution in [0.1, 0.15) is 47.2 Å². The Kier molecular flexibility index (Phi) is 15.7. The van der Waals surface area contributed by atoms with Gasteiger partial charge in [0.15, 0.2) is 11.6 Å². The molecule has 14 aromatic carbocycles. The topological polar surface area (TPSA) is 77.3 Å². The Labute approximate surface area is 651 Å². The number of fused-ring (bicyclic) bond motifs is 13. The van der Waals surface area contributed by atoms with Crippen molar-refractivity contribution in [2.24, 2.45) is 0 Å². The molecular weight excluding hydrogens is 1360 g/mol. The van der Waals surface area contributed by atoms with Crippen LogP contribution >= 0.6 is 0 Å². The van der Waals surface area contributed by atoms with Crippen LogP contribution in [-0.4, -0.2) is 29.9 Å². The predicted octanol–water partition coefficient (Wildman–Crippen LogP) is 26.4. The highest BCUT2D eigenvalue weighted by atomic mass is 14.9. The summed E-state index contributed by atoms with van der Waals surface area (Å²) in [5.74, 6) is 1.34. The average Bonchev–Trinajstić information content (AvgIpc) is 1.51. The summed E-state index contributed by atoms with van der Waals surface area (Å²) >= 11 is 0. The van der Waals surface area contributed by atoms with Gasteiger partial charge in [0.1, 0.15) is 0 Å². The molecule has 112 heavy (non-hydrogen) atoms. The molecule has 6 heteroatoms. The number of pyridine rings is 2. The molecule has 1 spiro atoms. The molecule has 0 saturated carbocycles. The van der Waals surface area contributed by atoms with Gasteiger partial charge < -0.3 is 0 Å². The Morgan fingerprint density at radius 2 is 0.536 bits per heavy atom. The highest BCUT2D eigenvalue weighted by molar-refractivity contribution is 6.01. The lowest BCUT2D eigenvalue weighted by molar-refractivity contribution is 0.660. The maximum Gasteiger partial charge on any atom is 0.160 e. The molecule has 0 amide bonds. The summed E-state index contributed by atoms with van der Waals surface area (Å²) in [4.78, 5) is 30.5. The third-order valence-electron chi connectivity index (χ3n) is 23.3. The molecule has 0 fully saturated rings. The lowest BCUT2D eigenvalue weighted by Gasteiger charge is -2.30. The first kappa shape index (κ1) is 65.8. The van der Waals surface area contributed by atoms with Crippen molar-refractivity contribution < 1.29 is 0 Å². The van der Waals surface area contributed by atoms with E-state index in [1.54, 1.807) is 0 Å². The van der Waals surface area contributed by atoms with Gasteiger partial charge in [-0.05, 0) is 177 Å². The van der Waals surface area contributed by atoms with Crippen LogP contribution in [0, 0.1) is 0 Å². The third-order valence-corrected chi connectivity index (χ3v) is 23.3. The van der Waals surface area contributed by atoms with Crippen LogP contribution in [0.3, 0.4) is 0 Å². The zero-order chi connectivity index (χ0) is 74.4. The van der Waals surface area contributed by atoms with Gasteiger partial charge in [-0.15, -0.1) is 0 Å². The first-order valence-corrected chi connectivity index (χ1v) is 38.4. The fourth-order valence-corrected chi connectivity index (χ4v) is 17.8. The van der Waals surface area contributed by atoms with Gasteiger partial charge in [0, 0.05) is 62.3 Å². The SMILES string of the molecule is CC1(C)c2cc(-c3ccnc(-c4ccc(-c5cc(-c6ccc(-c7cccc(-c8cccc9c8-c8ccccc8C98c9ccccc9-c9ccccc98)c7)cc6)nc(-c6ccccc6)n5)cc4)c3)ccc2-c2c(-c3cccc(-c4ccc(-c5cc(-c6ccc(-c7ccccc7)nc6)nc(-c6ccccc6)n5)cc4)c3)cccc21. The van der Waals surface area contributed by atoms with Gasteiger partial charge >= 0.3 is 0 Å². The molecule has 0 aliphatic heterocycles. The van der Waals surface area contributed by atoms with E-state index < -0.39 is 5.41 Å². The van der Waals surface area contributed by atoms with Crippen LogP contribution < -0.4 is 0 Å². The van der Waals surface area contributed by atoms with Gasteiger partial charge in [-0.1, -0.05) is 335 Å². The fraction of sp³-hybridized carbons (Fsp3) is 0.0377. The van der Waals surface area contributed by atoms with E-state index in [-0.39, 0.29) is 5.41 Å². The third kappa shape index (κ3) is 11.1. The first-order chi connectivity index (χ1) is 55.2. The monoisotopic (exact) mass is 1430 g/mol. The molecule has 0 unspecified atom stereocenters. The minimum Gasteiger partial charge on any atom is -0.256 e. The van der Waals surface area contributed by atoms with Crippen LogP contribution in [0.15, 0.2) is 389 Å². The average molecular weight is 1430 g/mol. The summed E-state index contributed by atoms with van der Waals surface area (Å²) in [6, 6.07) is 136. The molecule has 18 aromatic rings. The molecule has 4 aromatic heterocycles. The molecule has 524 valence electrons. The van der Waals surface area contributed by atoms with Crippen molar-refractivity contribution in [1.82, 2.24) is 29.9 Å². The Morgan fingerprint density at radius 1 is 0.188 bits per heavy atom. The molecule has 0 bridgehead atoms. The molecule has 21 rings (SSSR count). The van der Waals surface area contributed by atoms with Gasteiger partial charge in [0.2, 0.25) is 0 Å². The molecule has 3 aliphatic carbocycles. The van der Waals surface area contributed by atoms with Crippen molar-refractivity contribution in [3.8, 4) is 179 Å². The minimum absolute atomic E-state index is 0.252. The van der Waals surface area contributed by atoms with E-state index in [1.165, 1.54) is 89.0 Å². The van der Waals surface area contributed by atoms with Crippen LogP contribution in [0.25, 0.3) is 179 Å². The van der Waals surface area contributed by atoms with Crippen molar-refractivity contribution in [3.63, 3.8) is 0 Å². The van der Waals surface area contributed by atoms with E-state index in [0.29, 0.717) is 11.6 Å². The number of aromatic nitrogens is 6. The summed E-state index contributed by atoms with van der Waals surface area (Å²) in [5.41, 5.74) is 39.8. The summed E-state index contributed by atoms with van der Waals surface area (Å²) < 4.78 is 0. The number of rotatable bonds is 13. The van der Waals surface area contributed by atoms with Crippen LogP contribution in [0.5, 0.6) is 0 Å². The zero-order valence-electron chi connectivity index (χ0n) is 61.6. The Morgan fingerprint density at radius 3 is 1.05 bits per heavy atom. The van der Waals surface area contributed by atoms with Crippen molar-refractivity contribution in [2.75, 3.05) is 0 Å². The lowest BCUT2D eigenvalue weighted by Crippen LogP contribution is -2.25. The Balaban J connectivity index is 0.543. The van der Waals surface area contributed by atoms with Crippen LogP contribution in [0.4, 0.5) is 0 Å². The van der Waals surface area contributed by atoms with Crippen LogP contribution in [-0.2, 0) is 10.8 Å². The van der Waals surface area contributed by atoms with Gasteiger partial charge in [0.25, 0.3) is 0 Å².